The quantitative estimate of drug-likeness (QED) is 0.169. The van der Waals surface area contributed by atoms with Gasteiger partial charge in [0.2, 0.25) is 0 Å². The van der Waals surface area contributed by atoms with E-state index in [2.05, 4.69) is 0 Å². The Labute approximate surface area is 242 Å². The Hall–Kier alpha value is -3.54. The van der Waals surface area contributed by atoms with Crippen LogP contribution in [0.25, 0.3) is 0 Å². The fourth-order valence-corrected chi connectivity index (χ4v) is 3.05. The van der Waals surface area contributed by atoms with Crippen molar-refractivity contribution in [3.8, 4) is 11.5 Å². The molecule has 0 heterocycles. The molecule has 232 valence electrons. The van der Waals surface area contributed by atoms with Crippen molar-refractivity contribution in [2.75, 3.05) is 20.3 Å². The highest BCUT2D eigenvalue weighted by Gasteiger charge is 2.36. The Morgan fingerprint density at radius 1 is 0.780 bits per heavy atom. The topological polar surface area (TPSA) is 159 Å². The van der Waals surface area contributed by atoms with Gasteiger partial charge in [-0.25, -0.2) is 14.4 Å². The van der Waals surface area contributed by atoms with Crippen LogP contribution in [0.2, 0.25) is 0 Å². The monoisotopic (exact) mass is 583 g/mol. The van der Waals surface area contributed by atoms with E-state index < -0.39 is 42.2 Å². The first-order valence-corrected chi connectivity index (χ1v) is 13.6. The molecule has 0 bridgehead atoms. The van der Waals surface area contributed by atoms with E-state index in [-0.39, 0.29) is 55.3 Å². The van der Waals surface area contributed by atoms with Gasteiger partial charge in [-0.1, -0.05) is 47.6 Å². The SMILES string of the molecule is COC(=O)C(N)(CCOC(=O)OCC(C)C)Cc1ccc(OC(=O)O[C@@H](C)C(C)C)c(OC(=O)OC(C)C(C)C)c1. The number of rotatable bonds is 14. The lowest BCUT2D eigenvalue weighted by Gasteiger charge is -2.26. The summed E-state index contributed by atoms with van der Waals surface area (Å²) in [5, 5.41) is 0. The van der Waals surface area contributed by atoms with Crippen LogP contribution < -0.4 is 15.2 Å². The van der Waals surface area contributed by atoms with Gasteiger partial charge >= 0.3 is 24.4 Å². The van der Waals surface area contributed by atoms with Crippen LogP contribution in [0, 0.1) is 17.8 Å². The Balaban J connectivity index is 3.19. The Kier molecular flexibility index (Phi) is 14.4. The van der Waals surface area contributed by atoms with Crippen molar-refractivity contribution in [3.05, 3.63) is 23.8 Å². The van der Waals surface area contributed by atoms with E-state index in [0.29, 0.717) is 5.56 Å². The first-order chi connectivity index (χ1) is 19.1. The third kappa shape index (κ3) is 12.7. The molecule has 0 aromatic heterocycles. The van der Waals surface area contributed by atoms with Crippen LogP contribution in [0.1, 0.15) is 67.4 Å². The number of carbonyl (C=O) groups is 4. The molecule has 0 fully saturated rings. The summed E-state index contributed by atoms with van der Waals surface area (Å²) < 4.78 is 36.2. The third-order valence-corrected chi connectivity index (χ3v) is 6.25. The molecule has 0 radical (unpaired) electrons. The van der Waals surface area contributed by atoms with E-state index in [1.54, 1.807) is 13.8 Å². The number of hydrogen-bond acceptors (Lipinski definition) is 12. The molecule has 1 aromatic rings. The average Bonchev–Trinajstić information content (AvgIpc) is 2.88. The predicted molar refractivity (Wildman–Crippen MR) is 149 cm³/mol. The summed E-state index contributed by atoms with van der Waals surface area (Å²) in [5.41, 5.74) is 5.21. The number of benzene rings is 1. The number of nitrogens with two attached hydrogens (primary N) is 1. The van der Waals surface area contributed by atoms with Gasteiger partial charge in [0.15, 0.2) is 11.5 Å². The van der Waals surface area contributed by atoms with Gasteiger partial charge in [-0.2, -0.15) is 0 Å². The molecule has 0 saturated carbocycles. The second-order valence-electron chi connectivity index (χ2n) is 11.0. The maximum Gasteiger partial charge on any atom is 0.514 e. The van der Waals surface area contributed by atoms with Crippen molar-refractivity contribution in [2.45, 2.75) is 86.0 Å². The molecule has 0 aliphatic heterocycles. The van der Waals surface area contributed by atoms with E-state index in [1.807, 2.05) is 41.5 Å². The molecule has 2 unspecified atom stereocenters. The van der Waals surface area contributed by atoms with Gasteiger partial charge in [0, 0.05) is 12.8 Å². The van der Waals surface area contributed by atoms with E-state index in [9.17, 15) is 19.2 Å². The molecular formula is C29H45NO11. The van der Waals surface area contributed by atoms with Crippen molar-refractivity contribution in [1.29, 1.82) is 0 Å². The van der Waals surface area contributed by atoms with Crippen LogP contribution in [0.4, 0.5) is 14.4 Å². The van der Waals surface area contributed by atoms with Gasteiger partial charge < -0.3 is 38.9 Å². The van der Waals surface area contributed by atoms with Crippen LogP contribution in [0.15, 0.2) is 18.2 Å². The zero-order valence-electron chi connectivity index (χ0n) is 25.5. The molecule has 41 heavy (non-hydrogen) atoms. The Morgan fingerprint density at radius 3 is 1.80 bits per heavy atom. The fraction of sp³-hybridized carbons (Fsp3) is 0.655. The van der Waals surface area contributed by atoms with Crippen molar-refractivity contribution >= 4 is 24.4 Å². The summed E-state index contributed by atoms with van der Waals surface area (Å²) in [6.07, 6.45) is -3.96. The highest BCUT2D eigenvalue weighted by atomic mass is 16.8. The third-order valence-electron chi connectivity index (χ3n) is 6.25. The zero-order chi connectivity index (χ0) is 31.3. The minimum absolute atomic E-state index is 0.0277. The Bertz CT molecular complexity index is 1020. The van der Waals surface area contributed by atoms with Crippen molar-refractivity contribution < 1.29 is 52.3 Å². The summed E-state index contributed by atoms with van der Waals surface area (Å²) in [6, 6.07) is 4.30. The van der Waals surface area contributed by atoms with Gasteiger partial charge in [0.05, 0.1) is 20.3 Å². The lowest BCUT2D eigenvalue weighted by atomic mass is 9.88. The maximum atomic E-state index is 12.6. The lowest BCUT2D eigenvalue weighted by molar-refractivity contribution is -0.147. The van der Waals surface area contributed by atoms with Crippen LogP contribution in [0.5, 0.6) is 11.5 Å². The number of esters is 1. The van der Waals surface area contributed by atoms with E-state index in [4.69, 9.17) is 38.9 Å². The van der Waals surface area contributed by atoms with Crippen LogP contribution >= 0.6 is 0 Å². The Morgan fingerprint density at radius 2 is 1.32 bits per heavy atom. The molecule has 0 saturated heterocycles. The number of carbonyl (C=O) groups excluding carboxylic acids is 4. The molecule has 1 aromatic carbocycles. The summed E-state index contributed by atoms with van der Waals surface area (Å²) >= 11 is 0. The van der Waals surface area contributed by atoms with Gasteiger partial charge in [-0.15, -0.1) is 0 Å². The molecule has 12 heteroatoms. The summed E-state index contributed by atoms with van der Waals surface area (Å²) in [6.45, 7) is 14.7. The predicted octanol–water partition coefficient (Wildman–Crippen LogP) is 5.42. The van der Waals surface area contributed by atoms with Crippen molar-refractivity contribution in [1.82, 2.24) is 0 Å². The minimum atomic E-state index is -1.62. The molecule has 0 aliphatic carbocycles. The fourth-order valence-electron chi connectivity index (χ4n) is 3.05. The first kappa shape index (κ1) is 35.5. The van der Waals surface area contributed by atoms with Gasteiger partial charge in [-0.3, -0.25) is 4.79 Å². The van der Waals surface area contributed by atoms with E-state index in [1.165, 1.54) is 25.3 Å². The molecular weight excluding hydrogens is 538 g/mol. The van der Waals surface area contributed by atoms with Gasteiger partial charge in [0.25, 0.3) is 0 Å². The molecule has 0 spiro atoms. The van der Waals surface area contributed by atoms with E-state index >= 15 is 0 Å². The van der Waals surface area contributed by atoms with E-state index in [0.717, 1.165) is 0 Å². The number of methoxy groups -OCH3 is 1. The van der Waals surface area contributed by atoms with Crippen LogP contribution in [-0.2, 0) is 34.9 Å². The summed E-state index contributed by atoms with van der Waals surface area (Å²) in [7, 11) is 1.18. The number of ether oxygens (including phenoxy) is 7. The van der Waals surface area contributed by atoms with Crippen LogP contribution in [0.3, 0.4) is 0 Å². The minimum Gasteiger partial charge on any atom is -0.468 e. The zero-order valence-corrected chi connectivity index (χ0v) is 25.5. The average molecular weight is 584 g/mol. The number of hydrogen-bond donors (Lipinski definition) is 1. The highest BCUT2D eigenvalue weighted by molar-refractivity contribution is 5.81. The second kappa shape index (κ2) is 16.7. The van der Waals surface area contributed by atoms with Gasteiger partial charge in [0.1, 0.15) is 17.7 Å². The maximum absolute atomic E-state index is 12.6. The smallest absolute Gasteiger partial charge is 0.468 e. The molecule has 12 nitrogen and oxygen atoms in total. The van der Waals surface area contributed by atoms with Gasteiger partial charge in [-0.05, 0) is 49.3 Å². The molecule has 0 amide bonds. The second-order valence-corrected chi connectivity index (χ2v) is 11.0. The lowest BCUT2D eigenvalue weighted by Crippen LogP contribution is -2.51. The molecule has 3 atom stereocenters. The van der Waals surface area contributed by atoms with Crippen LogP contribution in [-0.4, -0.2) is 62.5 Å². The van der Waals surface area contributed by atoms with Crippen molar-refractivity contribution in [2.24, 2.45) is 23.5 Å². The summed E-state index contributed by atoms with van der Waals surface area (Å²) in [4.78, 5) is 49.3. The molecule has 2 N–H and O–H groups in total. The first-order valence-electron chi connectivity index (χ1n) is 13.6. The standard InChI is InChI=1S/C29H45NO11/c1-17(2)16-37-26(32)36-13-12-29(30,25(31)35-9)15-22-10-11-23(40-27(33)38-20(7)18(3)4)24(14-22)41-28(34)39-21(8)19(5)6/h10-11,14,17-21H,12-13,15-16,30H2,1-9H3/t20-,21?,29?/m0/s1. The normalized spacial score (nSPS) is 14.1. The largest absolute Gasteiger partial charge is 0.514 e. The summed E-state index contributed by atoms with van der Waals surface area (Å²) in [5.74, 6) is -0.819. The molecule has 1 rings (SSSR count). The van der Waals surface area contributed by atoms with Crippen molar-refractivity contribution in [3.63, 3.8) is 0 Å². The highest BCUT2D eigenvalue weighted by Crippen LogP contribution is 2.32. The molecule has 0 aliphatic rings.